The average Bonchev–Trinajstić information content (AvgIpc) is 3.27. The van der Waals surface area contributed by atoms with Crippen molar-refractivity contribution in [1.29, 1.82) is 0 Å². The first-order chi connectivity index (χ1) is 16.3. The lowest BCUT2D eigenvalue weighted by molar-refractivity contribution is -0.137. The molecule has 1 amide bonds. The molecule has 0 spiro atoms. The molecule has 1 N–H and O–H groups in total. The lowest BCUT2D eigenvalue weighted by Gasteiger charge is -2.33. The highest BCUT2D eigenvalue weighted by molar-refractivity contribution is 5.79. The molecule has 3 heterocycles. The number of pyridine rings is 1. The van der Waals surface area contributed by atoms with Gasteiger partial charge in [-0.05, 0) is 42.7 Å². The Hall–Kier alpha value is -3.56. The van der Waals surface area contributed by atoms with Crippen molar-refractivity contribution in [1.82, 2.24) is 19.9 Å². The zero-order valence-electron chi connectivity index (χ0n) is 18.9. The number of alkyl halides is 3. The molecule has 1 atom stereocenters. The number of hydrogen-bond donors (Lipinski definition) is 1. The van der Waals surface area contributed by atoms with Crippen LogP contribution in [0, 0.1) is 5.92 Å². The van der Waals surface area contributed by atoms with Crippen LogP contribution >= 0.6 is 0 Å². The first-order valence-corrected chi connectivity index (χ1v) is 11.0. The van der Waals surface area contributed by atoms with E-state index in [9.17, 15) is 18.0 Å². The molecule has 34 heavy (non-hydrogen) atoms. The van der Waals surface area contributed by atoms with Crippen LogP contribution in [0.1, 0.15) is 35.8 Å². The minimum atomic E-state index is -4.41. The van der Waals surface area contributed by atoms with Gasteiger partial charge in [-0.15, -0.1) is 0 Å². The molecule has 1 fully saturated rings. The summed E-state index contributed by atoms with van der Waals surface area (Å²) in [5.41, 5.74) is 0.110. The van der Waals surface area contributed by atoms with E-state index >= 15 is 0 Å². The summed E-state index contributed by atoms with van der Waals surface area (Å²) < 4.78 is 45.5. The van der Waals surface area contributed by atoms with Crippen LogP contribution in [-0.2, 0) is 18.0 Å². The number of aryl methyl sites for hydroxylation is 1. The molecule has 180 valence electrons. The summed E-state index contributed by atoms with van der Waals surface area (Å²) in [6, 6.07) is 9.47. The number of benzene rings is 1. The van der Waals surface area contributed by atoms with E-state index in [-0.39, 0.29) is 11.8 Å². The van der Waals surface area contributed by atoms with Gasteiger partial charge in [-0.2, -0.15) is 13.2 Å². The van der Waals surface area contributed by atoms with E-state index in [2.05, 4.69) is 15.3 Å². The van der Waals surface area contributed by atoms with Crippen molar-refractivity contribution in [2.75, 3.05) is 25.1 Å². The minimum absolute atomic E-state index is 0.0798. The summed E-state index contributed by atoms with van der Waals surface area (Å²) in [6.45, 7) is 1.07. The molecule has 4 rings (SSSR count). The molecule has 0 bridgehead atoms. The molecule has 1 aliphatic heterocycles. The Bertz CT molecular complexity index is 1100. The van der Waals surface area contributed by atoms with Crippen molar-refractivity contribution in [3.8, 4) is 5.75 Å². The largest absolute Gasteiger partial charge is 0.497 e. The van der Waals surface area contributed by atoms with Crippen molar-refractivity contribution in [3.63, 3.8) is 0 Å². The Morgan fingerprint density at radius 1 is 1.12 bits per heavy atom. The van der Waals surface area contributed by atoms with Gasteiger partial charge < -0.3 is 19.5 Å². The van der Waals surface area contributed by atoms with Crippen LogP contribution in [0.2, 0.25) is 0 Å². The highest BCUT2D eigenvalue weighted by Gasteiger charge is 2.32. The summed E-state index contributed by atoms with van der Waals surface area (Å²) in [4.78, 5) is 23.5. The van der Waals surface area contributed by atoms with E-state index in [1.165, 1.54) is 6.07 Å². The molecule has 0 aliphatic carbocycles. The predicted octanol–water partition coefficient (Wildman–Crippen LogP) is 3.96. The zero-order valence-corrected chi connectivity index (χ0v) is 18.9. The third-order valence-electron chi connectivity index (χ3n) is 6.12. The van der Waals surface area contributed by atoms with Crippen LogP contribution in [-0.4, -0.2) is 40.6 Å². The molecular weight excluding hydrogens is 447 g/mol. The van der Waals surface area contributed by atoms with Crippen molar-refractivity contribution in [3.05, 3.63) is 71.9 Å². The summed E-state index contributed by atoms with van der Waals surface area (Å²) in [5, 5.41) is 3.14. The topological polar surface area (TPSA) is 72.3 Å². The Morgan fingerprint density at radius 2 is 1.82 bits per heavy atom. The molecule has 1 aliphatic rings. The number of nitrogens with zero attached hydrogens (tertiary/aromatic N) is 4. The van der Waals surface area contributed by atoms with Gasteiger partial charge >= 0.3 is 6.18 Å². The van der Waals surface area contributed by atoms with E-state index in [0.717, 1.165) is 23.6 Å². The van der Waals surface area contributed by atoms with Gasteiger partial charge in [0.05, 0.1) is 12.7 Å². The lowest BCUT2D eigenvalue weighted by Crippen LogP contribution is -2.42. The molecule has 2 aromatic heterocycles. The summed E-state index contributed by atoms with van der Waals surface area (Å²) >= 11 is 0. The standard InChI is InChI=1S/C24H26F3N5O2/c1-31-14-11-28-22(31)21(16-3-6-19(34-2)7-4-16)30-23(33)17-9-12-32(13-10-17)20-8-5-18(15-29-20)24(25,26)27/h3-8,11,14-15,17,21H,9-10,12-13H2,1-2H3,(H,30,33)/t21-/m1/s1. The second kappa shape index (κ2) is 9.74. The van der Waals surface area contributed by atoms with Gasteiger partial charge in [0.1, 0.15) is 23.4 Å². The third-order valence-corrected chi connectivity index (χ3v) is 6.12. The predicted molar refractivity (Wildman–Crippen MR) is 120 cm³/mol. The van der Waals surface area contributed by atoms with E-state index < -0.39 is 17.8 Å². The molecule has 0 radical (unpaired) electrons. The van der Waals surface area contributed by atoms with Crippen LogP contribution < -0.4 is 15.0 Å². The van der Waals surface area contributed by atoms with Crippen LogP contribution in [0.5, 0.6) is 5.75 Å². The van der Waals surface area contributed by atoms with Crippen molar-refractivity contribution >= 4 is 11.7 Å². The van der Waals surface area contributed by atoms with E-state index in [0.29, 0.717) is 37.6 Å². The fourth-order valence-corrected chi connectivity index (χ4v) is 4.12. The van der Waals surface area contributed by atoms with Gasteiger partial charge in [0, 0.05) is 44.6 Å². The molecule has 10 heteroatoms. The highest BCUT2D eigenvalue weighted by Crippen LogP contribution is 2.30. The number of imidazole rings is 1. The number of anilines is 1. The Kier molecular flexibility index (Phi) is 6.76. The number of carbonyl (C=O) groups is 1. The molecule has 1 aromatic carbocycles. The quantitative estimate of drug-likeness (QED) is 0.587. The van der Waals surface area contributed by atoms with Crippen molar-refractivity contribution in [2.45, 2.75) is 25.1 Å². The van der Waals surface area contributed by atoms with Gasteiger partial charge in [-0.25, -0.2) is 9.97 Å². The number of ether oxygens (including phenoxy) is 1. The summed E-state index contributed by atoms with van der Waals surface area (Å²) in [7, 11) is 3.47. The van der Waals surface area contributed by atoms with E-state index in [1.807, 2.05) is 47.0 Å². The first kappa shape index (κ1) is 23.6. The van der Waals surface area contributed by atoms with Gasteiger partial charge in [-0.3, -0.25) is 4.79 Å². The number of halogens is 3. The number of nitrogens with one attached hydrogen (secondary N) is 1. The maximum atomic E-state index is 13.2. The summed E-state index contributed by atoms with van der Waals surface area (Å²) in [6.07, 6.45) is 1.10. The number of amides is 1. The number of rotatable bonds is 6. The molecule has 0 unspecified atom stereocenters. The van der Waals surface area contributed by atoms with Gasteiger partial charge in [0.15, 0.2) is 0 Å². The average molecular weight is 473 g/mol. The molecule has 7 nitrogen and oxygen atoms in total. The number of hydrogen-bond acceptors (Lipinski definition) is 5. The molecular formula is C24H26F3N5O2. The molecule has 3 aromatic rings. The van der Waals surface area contributed by atoms with Gasteiger partial charge in [-0.1, -0.05) is 12.1 Å². The van der Waals surface area contributed by atoms with E-state index in [1.54, 1.807) is 13.3 Å². The lowest BCUT2D eigenvalue weighted by atomic mass is 9.94. The second-order valence-electron chi connectivity index (χ2n) is 8.28. The fraction of sp³-hybridized carbons (Fsp3) is 0.375. The normalized spacial score (nSPS) is 15.7. The summed E-state index contributed by atoms with van der Waals surface area (Å²) in [5.74, 6) is 1.62. The minimum Gasteiger partial charge on any atom is -0.497 e. The van der Waals surface area contributed by atoms with Crippen molar-refractivity contribution in [2.24, 2.45) is 13.0 Å². The van der Waals surface area contributed by atoms with Crippen LogP contribution in [0.4, 0.5) is 19.0 Å². The Balaban J connectivity index is 1.42. The highest BCUT2D eigenvalue weighted by atomic mass is 19.4. The molecule has 0 saturated carbocycles. The second-order valence-corrected chi connectivity index (χ2v) is 8.28. The Labute approximate surface area is 195 Å². The van der Waals surface area contributed by atoms with E-state index in [4.69, 9.17) is 4.74 Å². The maximum Gasteiger partial charge on any atom is 0.417 e. The number of aromatic nitrogens is 3. The van der Waals surface area contributed by atoms with Gasteiger partial charge in [0.2, 0.25) is 5.91 Å². The zero-order chi connectivity index (χ0) is 24.3. The number of carbonyl (C=O) groups excluding carboxylic acids is 1. The first-order valence-electron chi connectivity index (χ1n) is 11.0. The Morgan fingerprint density at radius 3 is 2.35 bits per heavy atom. The van der Waals surface area contributed by atoms with Crippen molar-refractivity contribution < 1.29 is 22.7 Å². The van der Waals surface area contributed by atoms with Crippen LogP contribution in [0.3, 0.4) is 0 Å². The fourth-order valence-electron chi connectivity index (χ4n) is 4.12. The maximum absolute atomic E-state index is 13.2. The monoisotopic (exact) mass is 473 g/mol. The van der Waals surface area contributed by atoms with Crippen LogP contribution in [0.15, 0.2) is 55.0 Å². The van der Waals surface area contributed by atoms with Crippen LogP contribution in [0.25, 0.3) is 0 Å². The third kappa shape index (κ3) is 5.16. The smallest absolute Gasteiger partial charge is 0.417 e. The number of piperidine rings is 1. The molecule has 1 saturated heterocycles. The SMILES string of the molecule is COc1ccc([C@@H](NC(=O)C2CCN(c3ccc(C(F)(F)F)cn3)CC2)c2nccn2C)cc1. The number of methoxy groups -OCH3 is 1. The van der Waals surface area contributed by atoms with Gasteiger partial charge in [0.25, 0.3) is 0 Å².